The molecule has 0 saturated carbocycles. The standard InChI is InChI=1S/C13H22ClN3O2/c1-5-16(7-9(3)13(18)19)8-11-12(14)10(4)15-17(11)6-2/h9H,5-8H2,1-4H3,(H,18,19). The van der Waals surface area contributed by atoms with E-state index < -0.39 is 11.9 Å². The van der Waals surface area contributed by atoms with Crippen LogP contribution < -0.4 is 0 Å². The van der Waals surface area contributed by atoms with E-state index in [1.807, 2.05) is 25.5 Å². The predicted molar refractivity (Wildman–Crippen MR) is 75.4 cm³/mol. The lowest BCUT2D eigenvalue weighted by molar-refractivity contribution is -0.141. The van der Waals surface area contributed by atoms with Crippen molar-refractivity contribution in [3.63, 3.8) is 0 Å². The summed E-state index contributed by atoms with van der Waals surface area (Å²) in [7, 11) is 0. The van der Waals surface area contributed by atoms with Crippen LogP contribution >= 0.6 is 11.6 Å². The molecule has 1 rings (SSSR count). The number of aryl methyl sites for hydroxylation is 2. The molecule has 1 heterocycles. The second-order valence-electron chi connectivity index (χ2n) is 4.73. The van der Waals surface area contributed by atoms with Gasteiger partial charge in [0, 0.05) is 19.6 Å². The Morgan fingerprint density at radius 3 is 2.63 bits per heavy atom. The molecule has 0 amide bonds. The van der Waals surface area contributed by atoms with E-state index in [-0.39, 0.29) is 0 Å². The molecule has 0 bridgehead atoms. The van der Waals surface area contributed by atoms with E-state index in [0.29, 0.717) is 18.1 Å². The van der Waals surface area contributed by atoms with Crippen LogP contribution in [0.4, 0.5) is 0 Å². The number of carbonyl (C=O) groups is 1. The molecule has 1 N–H and O–H groups in total. The number of aliphatic carboxylic acids is 1. The third-order valence-electron chi connectivity index (χ3n) is 3.23. The van der Waals surface area contributed by atoms with Gasteiger partial charge in [-0.2, -0.15) is 5.10 Å². The fraction of sp³-hybridized carbons (Fsp3) is 0.692. The average Bonchev–Trinajstić information content (AvgIpc) is 2.64. The summed E-state index contributed by atoms with van der Waals surface area (Å²) >= 11 is 6.27. The maximum Gasteiger partial charge on any atom is 0.307 e. The molecular weight excluding hydrogens is 266 g/mol. The van der Waals surface area contributed by atoms with Gasteiger partial charge < -0.3 is 5.11 Å². The molecule has 1 unspecified atom stereocenters. The first-order valence-electron chi connectivity index (χ1n) is 6.57. The summed E-state index contributed by atoms with van der Waals surface area (Å²) < 4.78 is 1.88. The zero-order valence-corrected chi connectivity index (χ0v) is 12.7. The lowest BCUT2D eigenvalue weighted by Gasteiger charge is -2.22. The highest BCUT2D eigenvalue weighted by atomic mass is 35.5. The Kier molecular flexibility index (Phi) is 5.82. The third-order valence-corrected chi connectivity index (χ3v) is 3.72. The van der Waals surface area contributed by atoms with Gasteiger partial charge in [0.1, 0.15) is 0 Å². The molecule has 0 aliphatic carbocycles. The first-order chi connectivity index (χ1) is 8.90. The van der Waals surface area contributed by atoms with E-state index >= 15 is 0 Å². The first-order valence-corrected chi connectivity index (χ1v) is 6.95. The van der Waals surface area contributed by atoms with Crippen molar-refractivity contribution < 1.29 is 9.90 Å². The summed E-state index contributed by atoms with van der Waals surface area (Å²) in [4.78, 5) is 13.0. The second-order valence-corrected chi connectivity index (χ2v) is 5.11. The van der Waals surface area contributed by atoms with Gasteiger partial charge in [0.25, 0.3) is 0 Å². The van der Waals surface area contributed by atoms with Crippen molar-refractivity contribution in [1.29, 1.82) is 0 Å². The summed E-state index contributed by atoms with van der Waals surface area (Å²) in [6.45, 7) is 10.3. The number of hydrogen-bond donors (Lipinski definition) is 1. The molecule has 5 nitrogen and oxygen atoms in total. The Morgan fingerprint density at radius 2 is 2.16 bits per heavy atom. The molecule has 0 aliphatic rings. The minimum absolute atomic E-state index is 0.391. The Bertz CT molecular complexity index is 445. The average molecular weight is 288 g/mol. The van der Waals surface area contributed by atoms with E-state index in [4.69, 9.17) is 16.7 Å². The molecular formula is C13H22ClN3O2. The topological polar surface area (TPSA) is 58.4 Å². The minimum Gasteiger partial charge on any atom is -0.481 e. The molecule has 1 atom stereocenters. The van der Waals surface area contributed by atoms with Crippen molar-refractivity contribution in [3.8, 4) is 0 Å². The normalized spacial score (nSPS) is 12.9. The van der Waals surface area contributed by atoms with Crippen LogP contribution in [0.15, 0.2) is 0 Å². The van der Waals surface area contributed by atoms with Crippen LogP contribution in [0.1, 0.15) is 32.2 Å². The fourth-order valence-corrected chi connectivity index (χ4v) is 2.20. The van der Waals surface area contributed by atoms with Gasteiger partial charge in [-0.05, 0) is 20.4 Å². The van der Waals surface area contributed by atoms with Gasteiger partial charge in [-0.1, -0.05) is 25.4 Å². The van der Waals surface area contributed by atoms with Gasteiger partial charge in [-0.3, -0.25) is 14.4 Å². The van der Waals surface area contributed by atoms with Gasteiger partial charge in [0.2, 0.25) is 0 Å². The molecule has 0 spiro atoms. The van der Waals surface area contributed by atoms with Crippen molar-refractivity contribution in [3.05, 3.63) is 16.4 Å². The predicted octanol–water partition coefficient (Wildman–Crippen LogP) is 2.41. The number of carboxylic acids is 1. The molecule has 1 aromatic rings. The zero-order valence-electron chi connectivity index (χ0n) is 12.0. The fourth-order valence-electron chi connectivity index (χ4n) is 2.00. The summed E-state index contributed by atoms with van der Waals surface area (Å²) in [5.74, 6) is -1.16. The van der Waals surface area contributed by atoms with Gasteiger partial charge in [-0.25, -0.2) is 0 Å². The van der Waals surface area contributed by atoms with Gasteiger partial charge in [0.05, 0.1) is 22.3 Å². The zero-order chi connectivity index (χ0) is 14.6. The van der Waals surface area contributed by atoms with Crippen LogP contribution in [0.25, 0.3) is 0 Å². The number of hydrogen-bond acceptors (Lipinski definition) is 3. The van der Waals surface area contributed by atoms with Crippen molar-refractivity contribution in [2.75, 3.05) is 13.1 Å². The molecule has 108 valence electrons. The lowest BCUT2D eigenvalue weighted by atomic mass is 10.1. The molecule has 0 radical (unpaired) electrons. The molecule has 0 saturated heterocycles. The highest BCUT2D eigenvalue weighted by Crippen LogP contribution is 2.22. The molecule has 1 aromatic heterocycles. The maximum absolute atomic E-state index is 10.9. The van der Waals surface area contributed by atoms with Gasteiger partial charge in [0.15, 0.2) is 0 Å². The number of carboxylic acid groups (broad SMARTS) is 1. The van der Waals surface area contributed by atoms with Crippen molar-refractivity contribution in [2.24, 2.45) is 5.92 Å². The lowest BCUT2D eigenvalue weighted by Crippen LogP contribution is -2.32. The monoisotopic (exact) mass is 287 g/mol. The summed E-state index contributed by atoms with van der Waals surface area (Å²) in [5.41, 5.74) is 1.78. The molecule has 6 heteroatoms. The number of nitrogens with zero attached hydrogens (tertiary/aromatic N) is 3. The second kappa shape index (κ2) is 6.91. The highest BCUT2D eigenvalue weighted by molar-refractivity contribution is 6.31. The van der Waals surface area contributed by atoms with E-state index in [1.165, 1.54) is 0 Å². The molecule has 19 heavy (non-hydrogen) atoms. The van der Waals surface area contributed by atoms with Crippen LogP contribution in [0.3, 0.4) is 0 Å². The Morgan fingerprint density at radius 1 is 1.53 bits per heavy atom. The summed E-state index contributed by atoms with van der Waals surface area (Å²) in [5, 5.41) is 14.0. The van der Waals surface area contributed by atoms with Crippen LogP contribution in [0.5, 0.6) is 0 Å². The number of rotatable bonds is 7. The minimum atomic E-state index is -0.773. The van der Waals surface area contributed by atoms with Crippen LogP contribution in [0, 0.1) is 12.8 Å². The molecule has 0 fully saturated rings. The van der Waals surface area contributed by atoms with Crippen LogP contribution in [-0.4, -0.2) is 38.8 Å². The van der Waals surface area contributed by atoms with E-state index in [2.05, 4.69) is 10.00 Å². The van der Waals surface area contributed by atoms with Gasteiger partial charge in [-0.15, -0.1) is 0 Å². The number of aromatic nitrogens is 2. The van der Waals surface area contributed by atoms with E-state index in [9.17, 15) is 4.79 Å². The quantitative estimate of drug-likeness (QED) is 0.837. The van der Waals surface area contributed by atoms with Gasteiger partial charge >= 0.3 is 5.97 Å². The Hall–Kier alpha value is -1.07. The van der Waals surface area contributed by atoms with Crippen LogP contribution in [-0.2, 0) is 17.9 Å². The maximum atomic E-state index is 10.9. The largest absolute Gasteiger partial charge is 0.481 e. The highest BCUT2D eigenvalue weighted by Gasteiger charge is 2.19. The van der Waals surface area contributed by atoms with Crippen molar-refractivity contribution in [1.82, 2.24) is 14.7 Å². The first kappa shape index (κ1) is 16.0. The summed E-state index contributed by atoms with van der Waals surface area (Å²) in [6.07, 6.45) is 0. The SMILES string of the molecule is CCN(Cc1c(Cl)c(C)nn1CC)CC(C)C(=O)O. The third kappa shape index (κ3) is 3.94. The van der Waals surface area contributed by atoms with Crippen molar-refractivity contribution >= 4 is 17.6 Å². The number of halogens is 1. The van der Waals surface area contributed by atoms with E-state index in [1.54, 1.807) is 6.92 Å². The Balaban J connectivity index is 2.84. The van der Waals surface area contributed by atoms with E-state index in [0.717, 1.165) is 24.5 Å². The smallest absolute Gasteiger partial charge is 0.307 e. The Labute approximate surface area is 119 Å². The molecule has 0 aliphatic heterocycles. The van der Waals surface area contributed by atoms with Crippen molar-refractivity contribution in [2.45, 2.75) is 40.8 Å². The summed E-state index contributed by atoms with van der Waals surface area (Å²) in [6, 6.07) is 0. The molecule has 0 aromatic carbocycles. The van der Waals surface area contributed by atoms with Crippen LogP contribution in [0.2, 0.25) is 5.02 Å².